The molecule has 0 aliphatic carbocycles. The van der Waals surface area contributed by atoms with Crippen molar-refractivity contribution in [2.45, 2.75) is 24.5 Å². The predicted molar refractivity (Wildman–Crippen MR) is 102 cm³/mol. The van der Waals surface area contributed by atoms with Crippen LogP contribution in [0.3, 0.4) is 0 Å². The van der Waals surface area contributed by atoms with Crippen molar-refractivity contribution in [2.75, 3.05) is 45.5 Å². The van der Waals surface area contributed by atoms with Gasteiger partial charge < -0.3 is 40.7 Å². The molecule has 3 unspecified atom stereocenters. The van der Waals surface area contributed by atoms with E-state index in [4.69, 9.17) is 20.7 Å². The standard InChI is InChI=1S/C15H28N5O8P/c16-2-5-19(6-3-17)7-8-29(25,26)27-9-10-12(22)13(23)14(28-10)20-4-1-11(21)18-15(20)24/h1,4,10,12-14,22-23H,2-3,5-9,16-17H2,(H,25,26)(H,18,21,24)/t10-,12?,13?,14-/m1/s1. The molecule has 1 aromatic rings. The number of nitrogens with zero attached hydrogens (tertiary/aromatic N) is 2. The van der Waals surface area contributed by atoms with Crippen LogP contribution in [0.15, 0.2) is 21.9 Å². The molecule has 1 aliphatic heterocycles. The van der Waals surface area contributed by atoms with E-state index in [9.17, 15) is 29.3 Å². The number of hydrogen-bond acceptors (Lipinski definition) is 10. The second-order valence-electron chi connectivity index (χ2n) is 6.64. The predicted octanol–water partition coefficient (Wildman–Crippen LogP) is -3.42. The van der Waals surface area contributed by atoms with Gasteiger partial charge in [0.05, 0.1) is 12.8 Å². The Hall–Kier alpha value is -1.41. The molecule has 0 amide bonds. The summed E-state index contributed by atoms with van der Waals surface area (Å²) in [5, 5.41) is 20.3. The molecule has 0 bridgehead atoms. The number of aromatic nitrogens is 2. The third-order valence-electron chi connectivity index (χ3n) is 4.49. The molecule has 13 nitrogen and oxygen atoms in total. The fourth-order valence-corrected chi connectivity index (χ4v) is 3.99. The summed E-state index contributed by atoms with van der Waals surface area (Å²) in [6.45, 7) is 1.56. The lowest BCUT2D eigenvalue weighted by atomic mass is 10.1. The number of rotatable bonds is 11. The van der Waals surface area contributed by atoms with E-state index in [0.29, 0.717) is 26.2 Å². The Morgan fingerprint density at radius 3 is 2.45 bits per heavy atom. The molecule has 1 fully saturated rings. The Labute approximate surface area is 166 Å². The van der Waals surface area contributed by atoms with Crippen molar-refractivity contribution < 1.29 is 28.9 Å². The zero-order chi connectivity index (χ0) is 21.6. The van der Waals surface area contributed by atoms with Crippen molar-refractivity contribution in [3.8, 4) is 0 Å². The Bertz CT molecular complexity index is 810. The quantitative estimate of drug-likeness (QED) is 0.188. The summed E-state index contributed by atoms with van der Waals surface area (Å²) in [7, 11) is -4.01. The summed E-state index contributed by atoms with van der Waals surface area (Å²) in [6, 6.07) is 1.06. The van der Waals surface area contributed by atoms with E-state index in [1.165, 1.54) is 0 Å². The van der Waals surface area contributed by atoms with Gasteiger partial charge in [-0.05, 0) is 0 Å². The molecule has 1 aromatic heterocycles. The van der Waals surface area contributed by atoms with E-state index in [1.807, 2.05) is 9.88 Å². The molecule has 1 saturated heterocycles. The average molecular weight is 437 g/mol. The summed E-state index contributed by atoms with van der Waals surface area (Å²) in [5.41, 5.74) is 9.53. The van der Waals surface area contributed by atoms with Crippen molar-refractivity contribution in [2.24, 2.45) is 11.5 Å². The van der Waals surface area contributed by atoms with Gasteiger partial charge in [-0.15, -0.1) is 0 Å². The molecule has 2 heterocycles. The average Bonchev–Trinajstić information content (AvgIpc) is 2.93. The number of H-pyrrole nitrogens is 1. The molecule has 0 saturated carbocycles. The molecule has 166 valence electrons. The van der Waals surface area contributed by atoms with Crippen LogP contribution in [0.4, 0.5) is 0 Å². The van der Waals surface area contributed by atoms with E-state index in [1.54, 1.807) is 0 Å². The fraction of sp³-hybridized carbons (Fsp3) is 0.733. The van der Waals surface area contributed by atoms with Gasteiger partial charge in [0.25, 0.3) is 5.56 Å². The van der Waals surface area contributed by atoms with Gasteiger partial charge in [0.2, 0.25) is 0 Å². The van der Waals surface area contributed by atoms with Gasteiger partial charge >= 0.3 is 13.3 Å². The number of hydrogen-bond donors (Lipinski definition) is 6. The fourth-order valence-electron chi connectivity index (χ4n) is 2.95. The number of ether oxygens (including phenoxy) is 1. The number of aromatic amines is 1. The van der Waals surface area contributed by atoms with Crippen LogP contribution < -0.4 is 22.7 Å². The molecule has 0 radical (unpaired) electrons. The van der Waals surface area contributed by atoms with Crippen LogP contribution in [-0.2, 0) is 13.8 Å². The lowest BCUT2D eigenvalue weighted by molar-refractivity contribution is -0.0525. The van der Waals surface area contributed by atoms with Crippen molar-refractivity contribution in [3.63, 3.8) is 0 Å². The highest BCUT2D eigenvalue weighted by Gasteiger charge is 2.45. The van der Waals surface area contributed by atoms with Crippen molar-refractivity contribution in [1.29, 1.82) is 0 Å². The molecule has 29 heavy (non-hydrogen) atoms. The molecule has 14 heteroatoms. The minimum absolute atomic E-state index is 0.179. The third-order valence-corrected chi connectivity index (χ3v) is 5.81. The Morgan fingerprint density at radius 1 is 1.21 bits per heavy atom. The third kappa shape index (κ3) is 6.54. The van der Waals surface area contributed by atoms with Crippen LogP contribution in [0.2, 0.25) is 0 Å². The molecular weight excluding hydrogens is 409 g/mol. The Balaban J connectivity index is 1.95. The number of aliphatic hydroxyl groups excluding tert-OH is 2. The van der Waals surface area contributed by atoms with Crippen LogP contribution in [0.5, 0.6) is 0 Å². The monoisotopic (exact) mass is 437 g/mol. The second kappa shape index (κ2) is 10.6. The highest BCUT2D eigenvalue weighted by atomic mass is 31.2. The second-order valence-corrected chi connectivity index (χ2v) is 8.62. The van der Waals surface area contributed by atoms with Crippen molar-refractivity contribution in [3.05, 3.63) is 33.1 Å². The van der Waals surface area contributed by atoms with E-state index >= 15 is 0 Å². The summed E-state index contributed by atoms with van der Waals surface area (Å²) >= 11 is 0. The van der Waals surface area contributed by atoms with Gasteiger partial charge in [-0.2, -0.15) is 0 Å². The largest absolute Gasteiger partial charge is 0.387 e. The molecule has 8 N–H and O–H groups in total. The number of nitrogens with two attached hydrogens (primary N) is 2. The van der Waals surface area contributed by atoms with Gasteiger partial charge in [0.15, 0.2) is 6.23 Å². The normalized spacial score (nSPS) is 26.7. The van der Waals surface area contributed by atoms with Crippen LogP contribution in [-0.4, -0.2) is 93.4 Å². The zero-order valence-electron chi connectivity index (χ0n) is 15.8. The summed E-state index contributed by atoms with van der Waals surface area (Å²) in [5.74, 6) is 0. The minimum Gasteiger partial charge on any atom is -0.387 e. The van der Waals surface area contributed by atoms with Gasteiger partial charge in [-0.25, -0.2) is 4.79 Å². The lowest BCUT2D eigenvalue weighted by Gasteiger charge is -2.23. The first kappa shape index (κ1) is 23.9. The number of aliphatic hydroxyl groups is 2. The first-order valence-corrected chi connectivity index (χ1v) is 10.9. The van der Waals surface area contributed by atoms with Crippen LogP contribution >= 0.6 is 7.60 Å². The summed E-state index contributed by atoms with van der Waals surface area (Å²) in [6.07, 6.45) is -4.48. The molecule has 5 atom stereocenters. The van der Waals surface area contributed by atoms with Crippen LogP contribution in [0, 0.1) is 0 Å². The highest BCUT2D eigenvalue weighted by molar-refractivity contribution is 7.52. The maximum atomic E-state index is 12.3. The van der Waals surface area contributed by atoms with E-state index in [-0.39, 0.29) is 12.7 Å². The SMILES string of the molecule is NCCN(CCN)CCP(=O)(O)OC[C@H]1O[C@@H](n2ccc(=O)[nH]c2=O)C(O)C1O. The van der Waals surface area contributed by atoms with Gasteiger partial charge in [-0.3, -0.25) is 18.9 Å². The molecule has 0 aromatic carbocycles. The summed E-state index contributed by atoms with van der Waals surface area (Å²) in [4.78, 5) is 36.9. The van der Waals surface area contributed by atoms with Crippen LogP contribution in [0.1, 0.15) is 6.23 Å². The van der Waals surface area contributed by atoms with E-state index < -0.39 is 50.0 Å². The molecule has 0 spiro atoms. The lowest BCUT2D eigenvalue weighted by Crippen LogP contribution is -2.37. The zero-order valence-corrected chi connectivity index (χ0v) is 16.7. The van der Waals surface area contributed by atoms with E-state index in [2.05, 4.69) is 0 Å². The number of nitrogens with one attached hydrogen (secondary N) is 1. The minimum atomic E-state index is -4.01. The maximum Gasteiger partial charge on any atom is 0.330 e. The van der Waals surface area contributed by atoms with Crippen molar-refractivity contribution in [1.82, 2.24) is 14.5 Å². The Morgan fingerprint density at radius 2 is 1.86 bits per heavy atom. The first-order valence-electron chi connectivity index (χ1n) is 9.10. The highest BCUT2D eigenvalue weighted by Crippen LogP contribution is 2.42. The summed E-state index contributed by atoms with van der Waals surface area (Å²) < 4.78 is 23.7. The topological polar surface area (TPSA) is 206 Å². The van der Waals surface area contributed by atoms with Crippen molar-refractivity contribution >= 4 is 7.60 Å². The first-order chi connectivity index (χ1) is 13.7. The smallest absolute Gasteiger partial charge is 0.330 e. The van der Waals surface area contributed by atoms with Gasteiger partial charge in [0.1, 0.15) is 18.3 Å². The van der Waals surface area contributed by atoms with Gasteiger partial charge in [0, 0.05) is 45.0 Å². The van der Waals surface area contributed by atoms with Gasteiger partial charge in [-0.1, -0.05) is 0 Å². The molecule has 1 aliphatic rings. The Kier molecular flexibility index (Phi) is 8.70. The van der Waals surface area contributed by atoms with Crippen LogP contribution in [0.25, 0.3) is 0 Å². The molecule has 2 rings (SSSR count). The molecular formula is C15H28N5O8P. The van der Waals surface area contributed by atoms with E-state index in [0.717, 1.165) is 16.8 Å². The maximum absolute atomic E-state index is 12.3.